The van der Waals surface area contributed by atoms with Gasteiger partial charge in [-0.1, -0.05) is 38.8 Å². The van der Waals surface area contributed by atoms with E-state index in [1.807, 2.05) is 0 Å². The first-order chi connectivity index (χ1) is 4.41. The fourth-order valence-corrected chi connectivity index (χ4v) is 0.797. The van der Waals surface area contributed by atoms with Gasteiger partial charge in [0.15, 0.2) is 0 Å². The number of rotatable bonds is 5. The van der Waals surface area contributed by atoms with Gasteiger partial charge < -0.3 is 0 Å². The van der Waals surface area contributed by atoms with Gasteiger partial charge in [-0.05, 0) is 19.3 Å². The number of unbranched alkanes of at least 4 members (excludes halogenated alkanes) is 3. The SMILES string of the molecule is CCC=CCCCCC. The molecule has 0 aromatic carbocycles. The van der Waals surface area contributed by atoms with E-state index in [-0.39, 0.29) is 0 Å². The van der Waals surface area contributed by atoms with Gasteiger partial charge in [0.25, 0.3) is 0 Å². The van der Waals surface area contributed by atoms with E-state index >= 15 is 0 Å². The van der Waals surface area contributed by atoms with Crippen LogP contribution in [0.25, 0.3) is 0 Å². The molecule has 0 aliphatic carbocycles. The second-order valence-electron chi connectivity index (χ2n) is 2.38. The molecule has 0 aliphatic heterocycles. The number of hydrogen-bond acceptors (Lipinski definition) is 0. The van der Waals surface area contributed by atoms with Crippen LogP contribution in [0, 0.1) is 0 Å². The Hall–Kier alpha value is -0.260. The third-order valence-electron chi connectivity index (χ3n) is 1.38. The minimum Gasteiger partial charge on any atom is -0.0888 e. The average Bonchev–Trinajstić information content (AvgIpc) is 1.89. The van der Waals surface area contributed by atoms with E-state index in [9.17, 15) is 0 Å². The molecule has 0 fully saturated rings. The zero-order valence-electron chi connectivity index (χ0n) is 6.69. The molecule has 0 amide bonds. The molecule has 0 spiro atoms. The van der Waals surface area contributed by atoms with Crippen LogP contribution in [0.4, 0.5) is 0 Å². The molecule has 0 atom stereocenters. The summed E-state index contributed by atoms with van der Waals surface area (Å²) in [5.74, 6) is 0. The van der Waals surface area contributed by atoms with Crippen LogP contribution in [-0.4, -0.2) is 0 Å². The molecule has 0 N–H and O–H groups in total. The summed E-state index contributed by atoms with van der Waals surface area (Å²) in [5.41, 5.74) is 0. The van der Waals surface area contributed by atoms with Crippen molar-refractivity contribution in [2.75, 3.05) is 0 Å². The van der Waals surface area contributed by atoms with Crippen LogP contribution in [0.5, 0.6) is 0 Å². The molecule has 0 rings (SSSR count). The van der Waals surface area contributed by atoms with E-state index in [1.165, 1.54) is 32.1 Å². The molecule has 0 saturated carbocycles. The lowest BCUT2D eigenvalue weighted by Crippen LogP contribution is -1.69. The van der Waals surface area contributed by atoms with Crippen molar-refractivity contribution >= 4 is 0 Å². The lowest BCUT2D eigenvalue weighted by atomic mass is 10.2. The highest BCUT2D eigenvalue weighted by atomic mass is 13.9. The molecule has 0 aromatic heterocycles. The Kier molecular flexibility index (Phi) is 7.52. The number of hydrogen-bond donors (Lipinski definition) is 0. The fraction of sp³-hybridized carbons (Fsp3) is 0.778. The van der Waals surface area contributed by atoms with E-state index in [2.05, 4.69) is 26.0 Å². The molecule has 0 aromatic rings. The smallest absolute Gasteiger partial charge is 0.0351 e. The minimum atomic E-state index is 1.19. The maximum absolute atomic E-state index is 2.29. The Balaban J connectivity index is 2.82. The normalized spacial score (nSPS) is 10.9. The van der Waals surface area contributed by atoms with Gasteiger partial charge in [0.05, 0.1) is 0 Å². The molecule has 0 aliphatic rings. The van der Waals surface area contributed by atoms with Crippen LogP contribution in [0.1, 0.15) is 46.0 Å². The van der Waals surface area contributed by atoms with E-state index < -0.39 is 0 Å². The molecule has 0 unspecified atom stereocenters. The summed E-state index contributed by atoms with van der Waals surface area (Å²) in [5, 5.41) is 0. The largest absolute Gasteiger partial charge is 0.0888 e. The lowest BCUT2D eigenvalue weighted by Gasteiger charge is -1.89. The zero-order chi connectivity index (χ0) is 6.95. The van der Waals surface area contributed by atoms with Crippen LogP contribution >= 0.6 is 0 Å². The summed E-state index contributed by atoms with van der Waals surface area (Å²) < 4.78 is 0. The Morgan fingerprint density at radius 1 is 1.00 bits per heavy atom. The van der Waals surface area contributed by atoms with Crippen molar-refractivity contribution in [1.29, 1.82) is 0 Å². The molecule has 0 radical (unpaired) electrons. The van der Waals surface area contributed by atoms with Gasteiger partial charge in [0.1, 0.15) is 0 Å². The lowest BCUT2D eigenvalue weighted by molar-refractivity contribution is 0.728. The van der Waals surface area contributed by atoms with Crippen LogP contribution in [0.2, 0.25) is 0 Å². The molecule has 54 valence electrons. The minimum absolute atomic E-state index is 1.19. The zero-order valence-corrected chi connectivity index (χ0v) is 6.69. The van der Waals surface area contributed by atoms with Crippen molar-refractivity contribution in [1.82, 2.24) is 0 Å². The molecular formula is C9H18. The average molecular weight is 126 g/mol. The third kappa shape index (κ3) is 7.74. The summed E-state index contributed by atoms with van der Waals surface area (Å²) in [6, 6.07) is 0. The summed E-state index contributed by atoms with van der Waals surface area (Å²) in [7, 11) is 0. The first-order valence-electron chi connectivity index (χ1n) is 4.06. The predicted molar refractivity (Wildman–Crippen MR) is 43.6 cm³/mol. The summed E-state index contributed by atoms with van der Waals surface area (Å²) in [6.07, 6.45) is 11.1. The van der Waals surface area contributed by atoms with E-state index in [1.54, 1.807) is 0 Å². The van der Waals surface area contributed by atoms with Crippen molar-refractivity contribution < 1.29 is 0 Å². The van der Waals surface area contributed by atoms with Crippen LogP contribution < -0.4 is 0 Å². The second-order valence-corrected chi connectivity index (χ2v) is 2.38. The highest BCUT2D eigenvalue weighted by Gasteiger charge is 1.79. The molecular weight excluding hydrogens is 108 g/mol. The molecule has 0 nitrogen and oxygen atoms in total. The molecule has 0 heteroatoms. The van der Waals surface area contributed by atoms with Crippen molar-refractivity contribution in [3.05, 3.63) is 12.2 Å². The second kappa shape index (κ2) is 7.74. The summed E-state index contributed by atoms with van der Waals surface area (Å²) in [6.45, 7) is 4.42. The van der Waals surface area contributed by atoms with E-state index in [0.717, 1.165) is 0 Å². The highest BCUT2D eigenvalue weighted by molar-refractivity contribution is 4.79. The highest BCUT2D eigenvalue weighted by Crippen LogP contribution is 1.99. The van der Waals surface area contributed by atoms with Crippen molar-refractivity contribution in [3.63, 3.8) is 0 Å². The van der Waals surface area contributed by atoms with Gasteiger partial charge in [-0.3, -0.25) is 0 Å². The van der Waals surface area contributed by atoms with Crippen molar-refractivity contribution in [2.24, 2.45) is 0 Å². The van der Waals surface area contributed by atoms with E-state index in [4.69, 9.17) is 0 Å². The summed E-state index contributed by atoms with van der Waals surface area (Å²) >= 11 is 0. The number of allylic oxidation sites excluding steroid dienone is 2. The van der Waals surface area contributed by atoms with Gasteiger partial charge >= 0.3 is 0 Å². The van der Waals surface area contributed by atoms with Crippen molar-refractivity contribution in [3.8, 4) is 0 Å². The first-order valence-corrected chi connectivity index (χ1v) is 4.06. The first kappa shape index (κ1) is 8.74. The Morgan fingerprint density at radius 3 is 2.33 bits per heavy atom. The molecule has 0 heterocycles. The predicted octanol–water partition coefficient (Wildman–Crippen LogP) is 3.53. The fourth-order valence-electron chi connectivity index (χ4n) is 0.797. The van der Waals surface area contributed by atoms with Crippen LogP contribution in [-0.2, 0) is 0 Å². The van der Waals surface area contributed by atoms with Gasteiger partial charge in [0, 0.05) is 0 Å². The van der Waals surface area contributed by atoms with Crippen LogP contribution in [0.3, 0.4) is 0 Å². The Labute approximate surface area is 59.0 Å². The van der Waals surface area contributed by atoms with Gasteiger partial charge in [-0.25, -0.2) is 0 Å². The topological polar surface area (TPSA) is 0 Å². The van der Waals surface area contributed by atoms with Gasteiger partial charge in [0.2, 0.25) is 0 Å². The van der Waals surface area contributed by atoms with Crippen LogP contribution in [0.15, 0.2) is 12.2 Å². The maximum Gasteiger partial charge on any atom is -0.0351 e. The monoisotopic (exact) mass is 126 g/mol. The Morgan fingerprint density at radius 2 is 1.78 bits per heavy atom. The quantitative estimate of drug-likeness (QED) is 0.390. The molecule has 9 heavy (non-hydrogen) atoms. The van der Waals surface area contributed by atoms with Gasteiger partial charge in [-0.15, -0.1) is 0 Å². The molecule has 0 saturated heterocycles. The van der Waals surface area contributed by atoms with Gasteiger partial charge in [-0.2, -0.15) is 0 Å². The Bertz CT molecular complexity index is 62.4. The maximum atomic E-state index is 2.29. The summed E-state index contributed by atoms with van der Waals surface area (Å²) in [4.78, 5) is 0. The molecule has 0 bridgehead atoms. The standard InChI is InChI=1S/C9H18/c1-3-5-7-9-8-6-4-2/h5,7H,3-4,6,8-9H2,1-2H3. The third-order valence-corrected chi connectivity index (χ3v) is 1.38. The van der Waals surface area contributed by atoms with Crippen molar-refractivity contribution in [2.45, 2.75) is 46.0 Å². The van der Waals surface area contributed by atoms with E-state index in [0.29, 0.717) is 0 Å².